The lowest BCUT2D eigenvalue weighted by atomic mass is 10.4. The van der Waals surface area contributed by atoms with Crippen LogP contribution in [0.1, 0.15) is 20.3 Å². The fraction of sp³-hybridized carbons (Fsp3) is 0.700. The van der Waals surface area contributed by atoms with Crippen molar-refractivity contribution in [3.05, 3.63) is 11.8 Å². The quantitative estimate of drug-likeness (QED) is 0.519. The molecule has 80 valence electrons. The first-order chi connectivity index (χ1) is 6.83. The SMILES string of the molecule is C/C=C(\C)OCCNC1=NCCCN1. The molecule has 0 atom stereocenters. The second-order valence-electron chi connectivity index (χ2n) is 3.19. The normalized spacial score (nSPS) is 17.0. The zero-order chi connectivity index (χ0) is 10.2. The Balaban J connectivity index is 2.06. The maximum atomic E-state index is 5.40. The van der Waals surface area contributed by atoms with Crippen molar-refractivity contribution in [2.75, 3.05) is 26.2 Å². The Bertz CT molecular complexity index is 223. The Morgan fingerprint density at radius 3 is 3.21 bits per heavy atom. The highest BCUT2D eigenvalue weighted by molar-refractivity contribution is 5.80. The van der Waals surface area contributed by atoms with E-state index >= 15 is 0 Å². The molecular formula is C10H19N3O. The standard InChI is InChI=1S/C10H19N3O/c1-3-9(2)14-8-7-13-10-11-5-4-6-12-10/h3H,4-8H2,1-2H3,(H2,11,12,13)/b9-3+. The predicted octanol–water partition coefficient (Wildman–Crippen LogP) is 0.866. The molecular weight excluding hydrogens is 178 g/mol. The van der Waals surface area contributed by atoms with E-state index in [2.05, 4.69) is 15.6 Å². The molecule has 1 aliphatic rings. The minimum Gasteiger partial charge on any atom is -0.497 e. The number of hydrogen-bond donors (Lipinski definition) is 2. The Morgan fingerprint density at radius 2 is 2.57 bits per heavy atom. The van der Waals surface area contributed by atoms with Crippen LogP contribution in [0.25, 0.3) is 0 Å². The molecule has 1 aliphatic heterocycles. The molecule has 0 radical (unpaired) electrons. The second kappa shape index (κ2) is 6.29. The van der Waals surface area contributed by atoms with Crippen LogP contribution in [0, 0.1) is 0 Å². The van der Waals surface area contributed by atoms with Crippen molar-refractivity contribution in [2.24, 2.45) is 4.99 Å². The van der Waals surface area contributed by atoms with E-state index in [1.165, 1.54) is 0 Å². The minimum absolute atomic E-state index is 0.677. The Morgan fingerprint density at radius 1 is 1.71 bits per heavy atom. The van der Waals surface area contributed by atoms with Crippen LogP contribution in [0.4, 0.5) is 0 Å². The molecule has 14 heavy (non-hydrogen) atoms. The molecule has 1 rings (SSSR count). The molecule has 0 amide bonds. The van der Waals surface area contributed by atoms with E-state index in [4.69, 9.17) is 4.74 Å². The lowest BCUT2D eigenvalue weighted by Crippen LogP contribution is -2.41. The van der Waals surface area contributed by atoms with Crippen LogP contribution in [-0.4, -0.2) is 32.2 Å². The summed E-state index contributed by atoms with van der Waals surface area (Å²) < 4.78 is 5.40. The van der Waals surface area contributed by atoms with E-state index in [0.29, 0.717) is 6.61 Å². The van der Waals surface area contributed by atoms with Crippen molar-refractivity contribution < 1.29 is 4.74 Å². The summed E-state index contributed by atoms with van der Waals surface area (Å²) in [7, 11) is 0. The molecule has 2 N–H and O–H groups in total. The van der Waals surface area contributed by atoms with E-state index in [9.17, 15) is 0 Å². The number of hydrogen-bond acceptors (Lipinski definition) is 4. The van der Waals surface area contributed by atoms with Gasteiger partial charge in [0.05, 0.1) is 12.3 Å². The Labute approximate surface area is 85.4 Å². The van der Waals surface area contributed by atoms with Gasteiger partial charge in [-0.3, -0.25) is 4.99 Å². The first-order valence-electron chi connectivity index (χ1n) is 5.11. The van der Waals surface area contributed by atoms with Gasteiger partial charge in [-0.2, -0.15) is 0 Å². The van der Waals surface area contributed by atoms with Crippen LogP contribution in [-0.2, 0) is 4.74 Å². The van der Waals surface area contributed by atoms with Gasteiger partial charge in [0.15, 0.2) is 5.96 Å². The molecule has 0 spiro atoms. The lowest BCUT2D eigenvalue weighted by Gasteiger charge is -2.16. The molecule has 4 heteroatoms. The molecule has 4 nitrogen and oxygen atoms in total. The van der Waals surface area contributed by atoms with E-state index in [0.717, 1.165) is 37.8 Å². The zero-order valence-electron chi connectivity index (χ0n) is 8.97. The summed E-state index contributed by atoms with van der Waals surface area (Å²) >= 11 is 0. The number of allylic oxidation sites excluding steroid dienone is 2. The van der Waals surface area contributed by atoms with E-state index in [1.807, 2.05) is 19.9 Å². The second-order valence-corrected chi connectivity index (χ2v) is 3.19. The van der Waals surface area contributed by atoms with Gasteiger partial charge in [-0.05, 0) is 20.3 Å². The van der Waals surface area contributed by atoms with Crippen molar-refractivity contribution in [3.8, 4) is 0 Å². The Kier molecular flexibility index (Phi) is 4.89. The highest BCUT2D eigenvalue weighted by atomic mass is 16.5. The zero-order valence-corrected chi connectivity index (χ0v) is 8.97. The highest BCUT2D eigenvalue weighted by Gasteiger charge is 2.01. The van der Waals surface area contributed by atoms with Gasteiger partial charge >= 0.3 is 0 Å². The number of guanidine groups is 1. The van der Waals surface area contributed by atoms with Gasteiger partial charge in [0.2, 0.25) is 0 Å². The van der Waals surface area contributed by atoms with Gasteiger partial charge < -0.3 is 15.4 Å². The molecule has 0 aromatic carbocycles. The van der Waals surface area contributed by atoms with Crippen LogP contribution < -0.4 is 10.6 Å². The summed E-state index contributed by atoms with van der Waals surface area (Å²) in [5.74, 6) is 1.86. The summed E-state index contributed by atoms with van der Waals surface area (Å²) in [4.78, 5) is 4.29. The summed E-state index contributed by atoms with van der Waals surface area (Å²) in [5.41, 5.74) is 0. The summed E-state index contributed by atoms with van der Waals surface area (Å²) in [6.07, 6.45) is 3.08. The molecule has 0 unspecified atom stereocenters. The van der Waals surface area contributed by atoms with Crippen LogP contribution in [0.15, 0.2) is 16.8 Å². The first kappa shape index (κ1) is 10.9. The van der Waals surface area contributed by atoms with Crippen molar-refractivity contribution in [2.45, 2.75) is 20.3 Å². The van der Waals surface area contributed by atoms with Gasteiger partial charge in [0.1, 0.15) is 6.61 Å². The third-order valence-corrected chi connectivity index (χ3v) is 2.03. The van der Waals surface area contributed by atoms with Gasteiger partial charge in [0.25, 0.3) is 0 Å². The van der Waals surface area contributed by atoms with Gasteiger partial charge in [-0.25, -0.2) is 0 Å². The molecule has 0 aliphatic carbocycles. The monoisotopic (exact) mass is 197 g/mol. The fourth-order valence-electron chi connectivity index (χ4n) is 1.12. The van der Waals surface area contributed by atoms with E-state index in [1.54, 1.807) is 0 Å². The number of nitrogens with one attached hydrogen (secondary N) is 2. The summed E-state index contributed by atoms with van der Waals surface area (Å²) in [6, 6.07) is 0. The summed E-state index contributed by atoms with van der Waals surface area (Å²) in [5, 5.41) is 6.38. The number of ether oxygens (including phenoxy) is 1. The average molecular weight is 197 g/mol. The van der Waals surface area contributed by atoms with Gasteiger partial charge in [-0.15, -0.1) is 0 Å². The fourth-order valence-corrected chi connectivity index (χ4v) is 1.12. The highest BCUT2D eigenvalue weighted by Crippen LogP contribution is 1.92. The smallest absolute Gasteiger partial charge is 0.191 e. The maximum Gasteiger partial charge on any atom is 0.191 e. The van der Waals surface area contributed by atoms with Crippen molar-refractivity contribution in [3.63, 3.8) is 0 Å². The van der Waals surface area contributed by atoms with Crippen LogP contribution >= 0.6 is 0 Å². The molecule has 0 saturated heterocycles. The molecule has 0 bridgehead atoms. The number of aliphatic imine (C=N–C) groups is 1. The number of rotatable bonds is 4. The van der Waals surface area contributed by atoms with Crippen molar-refractivity contribution >= 4 is 5.96 Å². The van der Waals surface area contributed by atoms with E-state index < -0.39 is 0 Å². The maximum absolute atomic E-state index is 5.40. The molecule has 0 aromatic rings. The Hall–Kier alpha value is -1.19. The van der Waals surface area contributed by atoms with E-state index in [-0.39, 0.29) is 0 Å². The first-order valence-corrected chi connectivity index (χ1v) is 5.11. The van der Waals surface area contributed by atoms with Crippen molar-refractivity contribution in [1.82, 2.24) is 10.6 Å². The van der Waals surface area contributed by atoms with Crippen LogP contribution in [0.5, 0.6) is 0 Å². The third-order valence-electron chi connectivity index (χ3n) is 2.03. The van der Waals surface area contributed by atoms with Crippen molar-refractivity contribution in [1.29, 1.82) is 0 Å². The summed E-state index contributed by atoms with van der Waals surface area (Å²) in [6.45, 7) is 7.32. The lowest BCUT2D eigenvalue weighted by molar-refractivity contribution is 0.218. The molecule has 0 saturated carbocycles. The third kappa shape index (κ3) is 4.16. The molecule has 0 aromatic heterocycles. The molecule has 0 fully saturated rings. The van der Waals surface area contributed by atoms with Gasteiger partial charge in [0, 0.05) is 13.1 Å². The largest absolute Gasteiger partial charge is 0.497 e. The topological polar surface area (TPSA) is 45.6 Å². The number of nitrogens with zero attached hydrogens (tertiary/aromatic N) is 1. The van der Waals surface area contributed by atoms with Crippen LogP contribution in [0.2, 0.25) is 0 Å². The molecule has 1 heterocycles. The van der Waals surface area contributed by atoms with Crippen LogP contribution in [0.3, 0.4) is 0 Å². The minimum atomic E-state index is 0.677. The van der Waals surface area contributed by atoms with Gasteiger partial charge in [-0.1, -0.05) is 6.08 Å². The predicted molar refractivity (Wildman–Crippen MR) is 58.3 cm³/mol. The average Bonchev–Trinajstić information content (AvgIpc) is 2.25.